The summed E-state index contributed by atoms with van der Waals surface area (Å²) in [4.78, 5) is 31.0. The van der Waals surface area contributed by atoms with Crippen LogP contribution in [-0.4, -0.2) is 77.0 Å². The number of nitrogens with zero attached hydrogens (tertiary/aromatic N) is 5. The molecule has 0 spiro atoms. The molecule has 2 fully saturated rings. The van der Waals surface area contributed by atoms with Crippen molar-refractivity contribution >= 4 is 24.0 Å². The molecule has 0 unspecified atom stereocenters. The molecule has 0 radical (unpaired) electrons. The predicted molar refractivity (Wildman–Crippen MR) is 116 cm³/mol. The molecule has 2 N–H and O–H groups in total. The van der Waals surface area contributed by atoms with Gasteiger partial charge in [0.15, 0.2) is 0 Å². The average Bonchev–Trinajstić information content (AvgIpc) is 3.34. The number of hydrogen-bond acceptors (Lipinski definition) is 6. The Bertz CT molecular complexity index is 1020. The summed E-state index contributed by atoms with van der Waals surface area (Å²) in [6.07, 6.45) is 3.47. The second-order valence-corrected chi connectivity index (χ2v) is 7.89. The molecule has 0 atom stereocenters. The molecule has 1 aromatic heterocycles. The van der Waals surface area contributed by atoms with Crippen LogP contribution in [0.25, 0.3) is 0 Å². The first-order valence-electron chi connectivity index (χ1n) is 10.6. The molecule has 0 saturated carbocycles. The van der Waals surface area contributed by atoms with E-state index in [1.54, 1.807) is 12.1 Å². The van der Waals surface area contributed by atoms with Gasteiger partial charge in [0, 0.05) is 44.8 Å². The molecule has 1 aromatic carbocycles. The summed E-state index contributed by atoms with van der Waals surface area (Å²) < 4.78 is 1.21. The van der Waals surface area contributed by atoms with Crippen LogP contribution in [0.5, 0.6) is 0 Å². The van der Waals surface area contributed by atoms with Crippen molar-refractivity contribution in [2.45, 2.75) is 19.3 Å². The maximum atomic E-state index is 12.7. The van der Waals surface area contributed by atoms with Gasteiger partial charge in [-0.1, -0.05) is 12.1 Å². The second-order valence-electron chi connectivity index (χ2n) is 7.89. The molecule has 2 aromatic rings. The molecule has 3 heterocycles. The van der Waals surface area contributed by atoms with E-state index in [1.165, 1.54) is 4.68 Å². The van der Waals surface area contributed by atoms with Crippen LogP contribution in [0.2, 0.25) is 0 Å². The fraction of sp³-hybridized carbons (Fsp3) is 0.409. The lowest BCUT2D eigenvalue weighted by molar-refractivity contribution is -0.130. The zero-order valence-electron chi connectivity index (χ0n) is 17.5. The molecule has 162 valence electrons. The highest BCUT2D eigenvalue weighted by Gasteiger charge is 2.23. The van der Waals surface area contributed by atoms with Crippen molar-refractivity contribution in [2.75, 3.05) is 44.2 Å². The summed E-state index contributed by atoms with van der Waals surface area (Å²) in [5.41, 5.74) is 1.74. The number of rotatable bonds is 5. The number of nitrogens with one attached hydrogen (secondary N) is 2. The van der Waals surface area contributed by atoms with Gasteiger partial charge in [-0.25, -0.2) is 4.68 Å². The number of amides is 2. The fourth-order valence-electron chi connectivity index (χ4n) is 4.03. The molecule has 31 heavy (non-hydrogen) atoms. The minimum Gasteiger partial charge on any atom is -0.352 e. The Hall–Kier alpha value is -3.49. The van der Waals surface area contributed by atoms with Gasteiger partial charge in [0.25, 0.3) is 5.91 Å². The van der Waals surface area contributed by atoms with Gasteiger partial charge >= 0.3 is 0 Å². The van der Waals surface area contributed by atoms with E-state index in [-0.39, 0.29) is 17.3 Å². The van der Waals surface area contributed by atoms with Gasteiger partial charge < -0.3 is 14.7 Å². The Morgan fingerprint density at radius 3 is 2.23 bits per heavy atom. The largest absolute Gasteiger partial charge is 0.352 e. The van der Waals surface area contributed by atoms with Gasteiger partial charge in [-0.15, -0.1) is 5.10 Å². The Kier molecular flexibility index (Phi) is 6.11. The lowest BCUT2D eigenvalue weighted by atomic mass is 10.1. The number of benzene rings is 1. The Balaban J connectivity index is 1.31. The van der Waals surface area contributed by atoms with Gasteiger partial charge in [0.2, 0.25) is 5.91 Å². The molecule has 2 aliphatic heterocycles. The minimum absolute atomic E-state index is 0.0716. The normalized spacial score (nSPS) is 16.5. The number of anilines is 1. The van der Waals surface area contributed by atoms with Crippen LogP contribution in [0.4, 0.5) is 5.82 Å². The molecule has 2 aliphatic rings. The summed E-state index contributed by atoms with van der Waals surface area (Å²) in [6.45, 7) is 4.15. The first-order valence-corrected chi connectivity index (χ1v) is 10.6. The van der Waals surface area contributed by atoms with Crippen LogP contribution in [0.15, 0.2) is 36.4 Å². The third-order valence-corrected chi connectivity index (χ3v) is 5.88. The molecule has 9 heteroatoms. The smallest absolute Gasteiger partial charge is 0.253 e. The van der Waals surface area contributed by atoms with Crippen LogP contribution in [0.1, 0.15) is 28.8 Å². The summed E-state index contributed by atoms with van der Waals surface area (Å²) in [5.74, 6) is 0.843. The first-order chi connectivity index (χ1) is 15.0. The van der Waals surface area contributed by atoms with E-state index in [4.69, 9.17) is 10.8 Å². The first kappa shape index (κ1) is 20.8. The van der Waals surface area contributed by atoms with Crippen molar-refractivity contribution in [1.82, 2.24) is 19.6 Å². The number of likely N-dealkylation sites (tertiary alicyclic amines) is 1. The third kappa shape index (κ3) is 4.65. The van der Waals surface area contributed by atoms with Crippen molar-refractivity contribution in [3.05, 3.63) is 53.0 Å². The summed E-state index contributed by atoms with van der Waals surface area (Å²) >= 11 is 0. The molecule has 4 rings (SSSR count). The zero-order chi connectivity index (χ0) is 21.8. The standard InChI is InChI=1S/C22H27N7O2/c23-16-29-19(24)7-8-20(25-29)26-11-13-27(14-12-26)21(30)15-17-3-5-18(6-4-17)22(31)28-9-1-2-10-28/h3-8,16,23-24H,1-2,9-15H2. The van der Waals surface area contributed by atoms with Crippen LogP contribution >= 0.6 is 0 Å². The predicted octanol–water partition coefficient (Wildman–Crippen LogP) is 0.945. The van der Waals surface area contributed by atoms with Crippen molar-refractivity contribution in [3.8, 4) is 0 Å². The van der Waals surface area contributed by atoms with E-state index in [0.717, 1.165) is 37.8 Å². The van der Waals surface area contributed by atoms with E-state index >= 15 is 0 Å². The highest BCUT2D eigenvalue weighted by molar-refractivity contribution is 5.94. The molecular formula is C22H27N7O2. The fourth-order valence-corrected chi connectivity index (χ4v) is 4.03. The molecule has 2 saturated heterocycles. The van der Waals surface area contributed by atoms with E-state index in [9.17, 15) is 9.59 Å². The van der Waals surface area contributed by atoms with E-state index in [2.05, 4.69) is 10.00 Å². The molecular weight excluding hydrogens is 394 g/mol. The maximum Gasteiger partial charge on any atom is 0.253 e. The van der Waals surface area contributed by atoms with Crippen molar-refractivity contribution in [2.24, 2.45) is 0 Å². The maximum absolute atomic E-state index is 12.7. The summed E-state index contributed by atoms with van der Waals surface area (Å²) in [6, 6.07) is 10.8. The van der Waals surface area contributed by atoms with E-state index < -0.39 is 0 Å². The minimum atomic E-state index is 0.0716. The molecule has 2 amide bonds. The number of piperazine rings is 1. The molecule has 0 bridgehead atoms. The SMILES string of the molecule is N=Cn1nc(N2CCN(C(=O)Cc3ccc(C(=O)N4CCCC4)cc3)CC2)ccc1=N. The molecule has 9 nitrogen and oxygen atoms in total. The van der Waals surface area contributed by atoms with Crippen LogP contribution in [-0.2, 0) is 11.2 Å². The van der Waals surface area contributed by atoms with Crippen molar-refractivity contribution in [1.29, 1.82) is 10.8 Å². The van der Waals surface area contributed by atoms with E-state index in [1.807, 2.05) is 34.1 Å². The number of carbonyl (C=O) groups excluding carboxylic acids is 2. The Morgan fingerprint density at radius 2 is 1.58 bits per heavy atom. The van der Waals surface area contributed by atoms with Crippen LogP contribution in [0, 0.1) is 10.8 Å². The highest BCUT2D eigenvalue weighted by atomic mass is 16.2. The van der Waals surface area contributed by atoms with Gasteiger partial charge in [-0.05, 0) is 42.7 Å². The van der Waals surface area contributed by atoms with Gasteiger partial charge in [0.05, 0.1) is 6.42 Å². The lowest BCUT2D eigenvalue weighted by Crippen LogP contribution is -2.49. The summed E-state index contributed by atoms with van der Waals surface area (Å²) in [7, 11) is 0. The van der Waals surface area contributed by atoms with Crippen LogP contribution in [0.3, 0.4) is 0 Å². The Labute approximate surface area is 180 Å². The Morgan fingerprint density at radius 1 is 0.903 bits per heavy atom. The lowest BCUT2D eigenvalue weighted by Gasteiger charge is -2.35. The van der Waals surface area contributed by atoms with E-state index in [0.29, 0.717) is 44.0 Å². The van der Waals surface area contributed by atoms with Crippen LogP contribution < -0.4 is 10.4 Å². The summed E-state index contributed by atoms with van der Waals surface area (Å²) in [5, 5.41) is 19.3. The number of carbonyl (C=O) groups is 2. The van der Waals surface area contributed by atoms with Gasteiger partial charge in [-0.3, -0.25) is 20.4 Å². The van der Waals surface area contributed by atoms with Gasteiger partial charge in [-0.2, -0.15) is 0 Å². The third-order valence-electron chi connectivity index (χ3n) is 5.88. The quantitative estimate of drug-likeness (QED) is 0.553. The van der Waals surface area contributed by atoms with Gasteiger partial charge in [0.1, 0.15) is 17.6 Å². The zero-order valence-corrected chi connectivity index (χ0v) is 17.5. The molecule has 0 aliphatic carbocycles. The number of aromatic nitrogens is 2. The number of hydrogen-bond donors (Lipinski definition) is 2. The average molecular weight is 422 g/mol. The van der Waals surface area contributed by atoms with Crippen molar-refractivity contribution < 1.29 is 9.59 Å². The topological polar surface area (TPSA) is 109 Å². The highest BCUT2D eigenvalue weighted by Crippen LogP contribution is 2.15. The second kappa shape index (κ2) is 9.11. The monoisotopic (exact) mass is 421 g/mol. The van der Waals surface area contributed by atoms with Crippen molar-refractivity contribution in [3.63, 3.8) is 0 Å².